The average Bonchev–Trinajstić information content (AvgIpc) is 2.48. The van der Waals surface area contributed by atoms with E-state index in [1.54, 1.807) is 0 Å². The Bertz CT molecular complexity index is 339. The van der Waals surface area contributed by atoms with E-state index in [0.717, 1.165) is 0 Å². The maximum Gasteiger partial charge on any atom is 0.189 e. The molecular formula is C11H20O10. The SMILES string of the molecule is OC[C@H]1O[C@@H](O[C@@H]2OC[C@H](O)[C@@H](O)[C@H]2O)[C@H](O)[C@@H](O)[C@@H]1O. The van der Waals surface area contributed by atoms with Crippen molar-refractivity contribution < 1.29 is 50.0 Å². The highest BCUT2D eigenvalue weighted by Crippen LogP contribution is 2.25. The number of aliphatic hydroxyl groups excluding tert-OH is 7. The van der Waals surface area contributed by atoms with Crippen LogP contribution in [0.4, 0.5) is 0 Å². The van der Waals surface area contributed by atoms with Crippen LogP contribution in [0.15, 0.2) is 0 Å². The standard InChI is InChI=1S/C11H20O10/c12-1-4-6(15)7(16)9(18)11(20-4)21-10-8(17)5(14)3(13)2-19-10/h3-18H,1-2H2/t3-,4+,5+,6+,7-,8+,9+,10-,11-/m0/s1. The first kappa shape index (κ1) is 17.0. The van der Waals surface area contributed by atoms with Gasteiger partial charge in [-0.2, -0.15) is 0 Å². The normalized spacial score (nSPS) is 51.9. The first-order valence-corrected chi connectivity index (χ1v) is 6.48. The predicted octanol–water partition coefficient (Wildman–Crippen LogP) is -4.76. The van der Waals surface area contributed by atoms with E-state index in [0.29, 0.717) is 0 Å². The van der Waals surface area contributed by atoms with Gasteiger partial charge in [0.05, 0.1) is 13.2 Å². The van der Waals surface area contributed by atoms with Crippen molar-refractivity contribution in [2.75, 3.05) is 13.2 Å². The summed E-state index contributed by atoms with van der Waals surface area (Å²) in [6.45, 7) is -0.930. The number of aliphatic hydroxyl groups is 7. The van der Waals surface area contributed by atoms with Crippen molar-refractivity contribution in [3.63, 3.8) is 0 Å². The zero-order valence-corrected chi connectivity index (χ0v) is 11.0. The van der Waals surface area contributed by atoms with Gasteiger partial charge in [-0.3, -0.25) is 0 Å². The van der Waals surface area contributed by atoms with E-state index in [9.17, 15) is 30.6 Å². The molecule has 0 saturated carbocycles. The summed E-state index contributed by atoms with van der Waals surface area (Å²) in [6.07, 6.45) is -13.3. The smallest absolute Gasteiger partial charge is 0.189 e. The molecule has 2 rings (SSSR count). The quantitative estimate of drug-likeness (QED) is 0.268. The topological polar surface area (TPSA) is 169 Å². The fourth-order valence-corrected chi connectivity index (χ4v) is 2.21. The molecule has 0 aliphatic carbocycles. The van der Waals surface area contributed by atoms with Gasteiger partial charge >= 0.3 is 0 Å². The van der Waals surface area contributed by atoms with E-state index in [-0.39, 0.29) is 6.61 Å². The lowest BCUT2D eigenvalue weighted by Crippen LogP contribution is -2.62. The molecule has 7 N–H and O–H groups in total. The second-order valence-corrected chi connectivity index (χ2v) is 5.08. The van der Waals surface area contributed by atoms with Crippen LogP contribution in [0.1, 0.15) is 0 Å². The molecule has 124 valence electrons. The van der Waals surface area contributed by atoms with Crippen LogP contribution < -0.4 is 0 Å². The lowest BCUT2D eigenvalue weighted by Gasteiger charge is -2.42. The highest BCUT2D eigenvalue weighted by molar-refractivity contribution is 4.90. The van der Waals surface area contributed by atoms with Crippen molar-refractivity contribution in [2.24, 2.45) is 0 Å². The van der Waals surface area contributed by atoms with E-state index in [4.69, 9.17) is 19.3 Å². The second kappa shape index (κ2) is 6.79. The number of hydrogen-bond acceptors (Lipinski definition) is 10. The van der Waals surface area contributed by atoms with Crippen LogP contribution in [0.25, 0.3) is 0 Å². The Morgan fingerprint density at radius 3 is 2.05 bits per heavy atom. The van der Waals surface area contributed by atoms with Crippen molar-refractivity contribution >= 4 is 0 Å². The van der Waals surface area contributed by atoms with Gasteiger partial charge in [-0.1, -0.05) is 0 Å². The van der Waals surface area contributed by atoms with Gasteiger partial charge in [0, 0.05) is 0 Å². The van der Waals surface area contributed by atoms with Crippen LogP contribution in [0.3, 0.4) is 0 Å². The van der Waals surface area contributed by atoms with Crippen molar-refractivity contribution in [1.29, 1.82) is 0 Å². The van der Waals surface area contributed by atoms with Crippen molar-refractivity contribution in [2.45, 2.75) is 55.3 Å². The molecule has 21 heavy (non-hydrogen) atoms. The molecule has 10 nitrogen and oxygen atoms in total. The monoisotopic (exact) mass is 312 g/mol. The summed E-state index contributed by atoms with van der Waals surface area (Å²) in [5, 5.41) is 66.5. The second-order valence-electron chi connectivity index (χ2n) is 5.08. The van der Waals surface area contributed by atoms with Gasteiger partial charge in [-0.15, -0.1) is 0 Å². The molecule has 2 saturated heterocycles. The van der Waals surface area contributed by atoms with Crippen LogP contribution in [0.2, 0.25) is 0 Å². The van der Waals surface area contributed by atoms with Crippen LogP contribution in [0, 0.1) is 0 Å². The van der Waals surface area contributed by atoms with Gasteiger partial charge < -0.3 is 50.0 Å². The molecule has 2 aliphatic rings. The third kappa shape index (κ3) is 3.35. The minimum absolute atomic E-state index is 0.305. The third-order valence-electron chi connectivity index (χ3n) is 3.57. The molecule has 0 aromatic heterocycles. The molecule has 2 fully saturated rings. The average molecular weight is 312 g/mol. The molecule has 2 heterocycles. The molecule has 0 radical (unpaired) electrons. The zero-order chi connectivity index (χ0) is 15.7. The number of rotatable bonds is 3. The Kier molecular flexibility index (Phi) is 5.48. The lowest BCUT2D eigenvalue weighted by molar-refractivity contribution is -0.365. The Balaban J connectivity index is 2.01. The predicted molar refractivity (Wildman–Crippen MR) is 62.6 cm³/mol. The number of ether oxygens (including phenoxy) is 3. The summed E-state index contributed by atoms with van der Waals surface area (Å²) in [5.74, 6) is 0. The lowest BCUT2D eigenvalue weighted by atomic mass is 9.99. The molecule has 0 amide bonds. The summed E-state index contributed by atoms with van der Waals surface area (Å²) in [5.41, 5.74) is 0. The molecule has 0 unspecified atom stereocenters. The first-order chi connectivity index (χ1) is 9.86. The molecule has 10 heteroatoms. The number of hydrogen-bond donors (Lipinski definition) is 7. The van der Waals surface area contributed by atoms with Crippen LogP contribution in [0.5, 0.6) is 0 Å². The van der Waals surface area contributed by atoms with E-state index in [1.165, 1.54) is 0 Å². The van der Waals surface area contributed by atoms with Crippen LogP contribution >= 0.6 is 0 Å². The van der Waals surface area contributed by atoms with E-state index >= 15 is 0 Å². The Labute approximate surface area is 119 Å². The zero-order valence-electron chi connectivity index (χ0n) is 11.0. The summed E-state index contributed by atoms with van der Waals surface area (Å²) in [6, 6.07) is 0. The van der Waals surface area contributed by atoms with Gasteiger partial charge in [0.2, 0.25) is 0 Å². The summed E-state index contributed by atoms with van der Waals surface area (Å²) in [7, 11) is 0. The summed E-state index contributed by atoms with van der Waals surface area (Å²) in [4.78, 5) is 0. The van der Waals surface area contributed by atoms with Gasteiger partial charge in [-0.25, -0.2) is 0 Å². The Hall–Kier alpha value is -0.400. The summed E-state index contributed by atoms with van der Waals surface area (Å²) >= 11 is 0. The van der Waals surface area contributed by atoms with Crippen molar-refractivity contribution in [1.82, 2.24) is 0 Å². The van der Waals surface area contributed by atoms with E-state index < -0.39 is 61.9 Å². The largest absolute Gasteiger partial charge is 0.394 e. The van der Waals surface area contributed by atoms with Gasteiger partial charge in [0.15, 0.2) is 12.6 Å². The van der Waals surface area contributed by atoms with E-state index in [2.05, 4.69) is 0 Å². The van der Waals surface area contributed by atoms with Crippen LogP contribution in [-0.2, 0) is 14.2 Å². The maximum atomic E-state index is 9.77. The minimum atomic E-state index is -1.65. The Morgan fingerprint density at radius 1 is 0.810 bits per heavy atom. The molecule has 9 atom stereocenters. The van der Waals surface area contributed by atoms with Crippen molar-refractivity contribution in [3.05, 3.63) is 0 Å². The molecule has 0 aromatic rings. The van der Waals surface area contributed by atoms with Crippen LogP contribution in [-0.4, -0.2) is 104 Å². The molecule has 2 aliphatic heterocycles. The molecular weight excluding hydrogens is 292 g/mol. The third-order valence-corrected chi connectivity index (χ3v) is 3.57. The van der Waals surface area contributed by atoms with E-state index in [1.807, 2.05) is 0 Å². The molecule has 0 spiro atoms. The molecule has 0 bridgehead atoms. The van der Waals surface area contributed by atoms with Crippen molar-refractivity contribution in [3.8, 4) is 0 Å². The minimum Gasteiger partial charge on any atom is -0.394 e. The highest BCUT2D eigenvalue weighted by Gasteiger charge is 2.47. The fraction of sp³-hybridized carbons (Fsp3) is 1.00. The highest BCUT2D eigenvalue weighted by atomic mass is 16.8. The maximum absolute atomic E-state index is 9.77. The Morgan fingerprint density at radius 2 is 1.43 bits per heavy atom. The van der Waals surface area contributed by atoms with Gasteiger partial charge in [0.25, 0.3) is 0 Å². The fourth-order valence-electron chi connectivity index (χ4n) is 2.21. The molecule has 0 aromatic carbocycles. The summed E-state index contributed by atoms with van der Waals surface area (Å²) < 4.78 is 15.2. The van der Waals surface area contributed by atoms with Gasteiger partial charge in [0.1, 0.15) is 42.7 Å². The first-order valence-electron chi connectivity index (χ1n) is 6.48. The van der Waals surface area contributed by atoms with Gasteiger partial charge in [-0.05, 0) is 0 Å².